The van der Waals surface area contributed by atoms with Crippen LogP contribution in [0.4, 0.5) is 0 Å². The molecule has 1 N–H and O–H groups in total. The Kier molecular flexibility index (Phi) is 4.28. The van der Waals surface area contributed by atoms with Gasteiger partial charge in [0.15, 0.2) is 0 Å². The van der Waals surface area contributed by atoms with Gasteiger partial charge in [-0.05, 0) is 46.3 Å². The monoisotopic (exact) mass is 254 g/mol. The van der Waals surface area contributed by atoms with Gasteiger partial charge in [-0.2, -0.15) is 0 Å². The van der Waals surface area contributed by atoms with E-state index in [1.807, 2.05) is 0 Å². The minimum atomic E-state index is -0.577. The van der Waals surface area contributed by atoms with Gasteiger partial charge in [0, 0.05) is 19.1 Å². The van der Waals surface area contributed by atoms with E-state index in [0.29, 0.717) is 6.04 Å². The Labute approximate surface area is 110 Å². The van der Waals surface area contributed by atoms with Crippen LogP contribution in [0, 0.1) is 5.41 Å². The topological polar surface area (TPSA) is 43.8 Å². The van der Waals surface area contributed by atoms with Crippen LogP contribution in [0.2, 0.25) is 0 Å². The lowest BCUT2D eigenvalue weighted by molar-refractivity contribution is -0.150. The highest BCUT2D eigenvalue weighted by molar-refractivity contribution is 5.75. The molecule has 0 spiro atoms. The van der Waals surface area contributed by atoms with E-state index in [1.165, 1.54) is 12.8 Å². The summed E-state index contributed by atoms with van der Waals surface area (Å²) in [7, 11) is 4.24. The summed E-state index contributed by atoms with van der Waals surface area (Å²) >= 11 is 0. The van der Waals surface area contributed by atoms with Crippen molar-refractivity contribution in [3.8, 4) is 0 Å². The number of hydrogen-bond acceptors (Lipinski definition) is 3. The van der Waals surface area contributed by atoms with Crippen molar-refractivity contribution in [1.29, 1.82) is 0 Å². The number of likely N-dealkylation sites (N-methyl/N-ethyl adjacent to an activating group) is 1. The van der Waals surface area contributed by atoms with Gasteiger partial charge in [-0.1, -0.05) is 12.8 Å². The Morgan fingerprint density at radius 1 is 1.33 bits per heavy atom. The first kappa shape index (κ1) is 13.8. The van der Waals surface area contributed by atoms with Crippen molar-refractivity contribution in [2.24, 2.45) is 5.41 Å². The first-order valence-electron chi connectivity index (χ1n) is 7.16. The molecule has 1 unspecified atom stereocenters. The summed E-state index contributed by atoms with van der Waals surface area (Å²) in [5, 5.41) is 9.53. The van der Waals surface area contributed by atoms with Gasteiger partial charge in [0.05, 0.1) is 5.41 Å². The second kappa shape index (κ2) is 5.57. The molecule has 1 heterocycles. The van der Waals surface area contributed by atoms with Crippen molar-refractivity contribution in [2.45, 2.75) is 44.6 Å². The average Bonchev–Trinajstić information content (AvgIpc) is 2.79. The Morgan fingerprint density at radius 2 is 2.00 bits per heavy atom. The molecule has 4 nitrogen and oxygen atoms in total. The minimum absolute atomic E-state index is 0.450. The summed E-state index contributed by atoms with van der Waals surface area (Å²) in [5.41, 5.74) is -0.450. The lowest BCUT2D eigenvalue weighted by atomic mass is 9.85. The Bertz CT molecular complexity index is 298. The smallest absolute Gasteiger partial charge is 0.310 e. The van der Waals surface area contributed by atoms with Gasteiger partial charge in [-0.15, -0.1) is 0 Å². The van der Waals surface area contributed by atoms with Crippen LogP contribution in [-0.4, -0.2) is 60.6 Å². The van der Waals surface area contributed by atoms with Gasteiger partial charge < -0.3 is 14.9 Å². The molecule has 1 saturated carbocycles. The summed E-state index contributed by atoms with van der Waals surface area (Å²) in [5.74, 6) is -0.577. The fourth-order valence-electron chi connectivity index (χ4n) is 3.52. The molecule has 1 saturated heterocycles. The normalized spacial score (nSPS) is 28.7. The zero-order valence-corrected chi connectivity index (χ0v) is 11.7. The molecule has 0 aromatic heterocycles. The lowest BCUT2D eigenvalue weighted by Gasteiger charge is -2.39. The average molecular weight is 254 g/mol. The van der Waals surface area contributed by atoms with Crippen LogP contribution >= 0.6 is 0 Å². The molecule has 0 aromatic rings. The van der Waals surface area contributed by atoms with E-state index in [2.05, 4.69) is 23.9 Å². The van der Waals surface area contributed by atoms with Gasteiger partial charge >= 0.3 is 5.97 Å². The van der Waals surface area contributed by atoms with Gasteiger partial charge in [-0.25, -0.2) is 0 Å². The number of carbonyl (C=O) groups is 1. The number of piperidine rings is 1. The third kappa shape index (κ3) is 2.86. The fourth-order valence-corrected chi connectivity index (χ4v) is 3.52. The van der Waals surface area contributed by atoms with Crippen LogP contribution < -0.4 is 0 Å². The number of nitrogens with zero attached hydrogens (tertiary/aromatic N) is 2. The number of hydrogen-bond donors (Lipinski definition) is 1. The third-order valence-corrected chi connectivity index (χ3v) is 4.75. The number of rotatable bonds is 4. The van der Waals surface area contributed by atoms with E-state index in [9.17, 15) is 9.90 Å². The molecule has 0 aromatic carbocycles. The molecule has 1 aliphatic carbocycles. The van der Waals surface area contributed by atoms with E-state index in [4.69, 9.17) is 0 Å². The van der Waals surface area contributed by atoms with Crippen molar-refractivity contribution in [3.05, 3.63) is 0 Å². The third-order valence-electron chi connectivity index (χ3n) is 4.75. The predicted molar refractivity (Wildman–Crippen MR) is 71.7 cm³/mol. The second-order valence-corrected chi connectivity index (χ2v) is 6.29. The number of aliphatic carboxylic acids is 1. The van der Waals surface area contributed by atoms with E-state index in [-0.39, 0.29) is 0 Å². The first-order valence-corrected chi connectivity index (χ1v) is 7.16. The lowest BCUT2D eigenvalue weighted by Crippen LogP contribution is -2.50. The number of carboxylic acid groups (broad SMARTS) is 1. The molecule has 2 aliphatic rings. The molecule has 0 bridgehead atoms. The van der Waals surface area contributed by atoms with Crippen molar-refractivity contribution in [3.63, 3.8) is 0 Å². The summed E-state index contributed by atoms with van der Waals surface area (Å²) in [4.78, 5) is 16.2. The zero-order chi connectivity index (χ0) is 13.2. The van der Waals surface area contributed by atoms with E-state index in [1.54, 1.807) is 0 Å². The summed E-state index contributed by atoms with van der Waals surface area (Å²) < 4.78 is 0. The van der Waals surface area contributed by atoms with Gasteiger partial charge in [0.2, 0.25) is 0 Å². The minimum Gasteiger partial charge on any atom is -0.481 e. The maximum absolute atomic E-state index is 11.6. The molecule has 2 rings (SSSR count). The molecule has 104 valence electrons. The molecule has 1 aliphatic heterocycles. The molecule has 18 heavy (non-hydrogen) atoms. The molecular weight excluding hydrogens is 228 g/mol. The second-order valence-electron chi connectivity index (χ2n) is 6.29. The van der Waals surface area contributed by atoms with Crippen LogP contribution in [0.1, 0.15) is 38.5 Å². The number of likely N-dealkylation sites (tertiary alicyclic amines) is 1. The zero-order valence-electron chi connectivity index (χ0n) is 11.7. The molecular formula is C14H26N2O2. The summed E-state index contributed by atoms with van der Waals surface area (Å²) in [6.07, 6.45) is 6.33. The Balaban J connectivity index is 1.97. The van der Waals surface area contributed by atoms with Crippen LogP contribution in [-0.2, 0) is 4.79 Å². The largest absolute Gasteiger partial charge is 0.481 e. The van der Waals surface area contributed by atoms with Crippen molar-refractivity contribution < 1.29 is 9.90 Å². The highest BCUT2D eigenvalue weighted by atomic mass is 16.4. The van der Waals surface area contributed by atoms with Gasteiger partial charge in [0.25, 0.3) is 0 Å². The van der Waals surface area contributed by atoms with Gasteiger partial charge in [-0.3, -0.25) is 4.79 Å². The van der Waals surface area contributed by atoms with Crippen molar-refractivity contribution >= 4 is 5.97 Å². The first-order chi connectivity index (χ1) is 8.53. The van der Waals surface area contributed by atoms with Crippen LogP contribution in [0.15, 0.2) is 0 Å². The van der Waals surface area contributed by atoms with Crippen LogP contribution in [0.5, 0.6) is 0 Å². The maximum Gasteiger partial charge on any atom is 0.310 e. The Morgan fingerprint density at radius 3 is 2.56 bits per heavy atom. The molecule has 0 radical (unpaired) electrons. The molecule has 0 amide bonds. The van der Waals surface area contributed by atoms with E-state index in [0.717, 1.165) is 45.3 Å². The Hall–Kier alpha value is -0.610. The number of carboxylic acids is 1. The van der Waals surface area contributed by atoms with E-state index < -0.39 is 11.4 Å². The maximum atomic E-state index is 11.6. The van der Waals surface area contributed by atoms with Crippen molar-refractivity contribution in [2.75, 3.05) is 33.7 Å². The fraction of sp³-hybridized carbons (Fsp3) is 0.929. The standard InChI is InChI=1S/C14H26N2O2/c1-15(2)12-6-5-9-16(10-12)11-14(13(17)18)7-3-4-8-14/h12H,3-11H2,1-2H3,(H,17,18). The van der Waals surface area contributed by atoms with Crippen LogP contribution in [0.25, 0.3) is 0 Å². The quantitative estimate of drug-likeness (QED) is 0.828. The molecule has 1 atom stereocenters. The van der Waals surface area contributed by atoms with E-state index >= 15 is 0 Å². The predicted octanol–water partition coefficient (Wildman–Crippen LogP) is 1.66. The SMILES string of the molecule is CN(C)C1CCCN(CC2(C(=O)O)CCCC2)C1. The summed E-state index contributed by atoms with van der Waals surface area (Å²) in [6.45, 7) is 2.86. The van der Waals surface area contributed by atoms with Gasteiger partial charge in [0.1, 0.15) is 0 Å². The van der Waals surface area contributed by atoms with Crippen molar-refractivity contribution in [1.82, 2.24) is 9.80 Å². The van der Waals surface area contributed by atoms with Crippen LogP contribution in [0.3, 0.4) is 0 Å². The summed E-state index contributed by atoms with van der Waals surface area (Å²) in [6, 6.07) is 0.589. The molecule has 2 fully saturated rings. The highest BCUT2D eigenvalue weighted by Crippen LogP contribution is 2.39. The highest BCUT2D eigenvalue weighted by Gasteiger charge is 2.43. The molecule has 4 heteroatoms.